The van der Waals surface area contributed by atoms with Gasteiger partial charge in [0.2, 0.25) is 5.91 Å². The lowest BCUT2D eigenvalue weighted by Crippen LogP contribution is -2.46. The van der Waals surface area contributed by atoms with Crippen molar-refractivity contribution in [3.05, 3.63) is 70.3 Å². The second-order valence-corrected chi connectivity index (χ2v) is 9.87. The van der Waals surface area contributed by atoms with E-state index >= 15 is 0 Å². The summed E-state index contributed by atoms with van der Waals surface area (Å²) >= 11 is 11.0. The molecule has 7 nitrogen and oxygen atoms in total. The van der Waals surface area contributed by atoms with E-state index in [2.05, 4.69) is 5.43 Å². The van der Waals surface area contributed by atoms with Gasteiger partial charge in [-0.1, -0.05) is 0 Å². The predicted molar refractivity (Wildman–Crippen MR) is 134 cm³/mol. The van der Waals surface area contributed by atoms with Crippen molar-refractivity contribution in [2.24, 2.45) is 0 Å². The van der Waals surface area contributed by atoms with Crippen LogP contribution in [-0.4, -0.2) is 40.4 Å². The molecule has 0 saturated carbocycles. The number of carboxylic acid groups (broad SMARTS) is 1. The lowest BCUT2D eigenvalue weighted by molar-refractivity contribution is -0.138. The van der Waals surface area contributed by atoms with E-state index in [0.717, 1.165) is 0 Å². The Hall–Kier alpha value is -3.19. The number of ether oxygens (including phenoxy) is 1. The van der Waals surface area contributed by atoms with Crippen LogP contribution in [0.1, 0.15) is 56.6 Å². The van der Waals surface area contributed by atoms with Gasteiger partial charge in [0.25, 0.3) is 0 Å². The van der Waals surface area contributed by atoms with Gasteiger partial charge in [0.1, 0.15) is 5.60 Å². The zero-order chi connectivity index (χ0) is 30.8. The molecule has 0 bridgehead atoms. The highest BCUT2D eigenvalue weighted by molar-refractivity contribution is 6.18. The number of hydrogen-bond acceptors (Lipinski definition) is 4. The maximum absolute atomic E-state index is 13.3. The summed E-state index contributed by atoms with van der Waals surface area (Å²) < 4.78 is 83.0. The Labute approximate surface area is 235 Å². The lowest BCUT2D eigenvalue weighted by Gasteiger charge is -2.21. The summed E-state index contributed by atoms with van der Waals surface area (Å²) in [5.41, 5.74) is 3.10. The fourth-order valence-electron chi connectivity index (χ4n) is 3.16. The first-order chi connectivity index (χ1) is 18.5. The predicted octanol–water partition coefficient (Wildman–Crippen LogP) is 6.27. The van der Waals surface area contributed by atoms with Crippen molar-refractivity contribution < 1.29 is 50.6 Å². The summed E-state index contributed by atoms with van der Waals surface area (Å²) in [4.78, 5) is 34.4. The molecule has 0 saturated heterocycles. The zero-order valence-electron chi connectivity index (χ0n) is 21.4. The van der Waals surface area contributed by atoms with Gasteiger partial charge < -0.3 is 9.84 Å². The number of hydrazine groups is 1. The van der Waals surface area contributed by atoms with Crippen molar-refractivity contribution in [3.63, 3.8) is 0 Å². The molecule has 15 heteroatoms. The van der Waals surface area contributed by atoms with Gasteiger partial charge in [-0.05, 0) is 69.0 Å². The maximum atomic E-state index is 13.3. The minimum Gasteiger partial charge on any atom is -0.481 e. The quantitative estimate of drug-likeness (QED) is 0.140. The molecule has 40 heavy (non-hydrogen) atoms. The summed E-state index contributed by atoms with van der Waals surface area (Å²) in [5.74, 6) is -13.1. The first kappa shape index (κ1) is 34.8. The minimum atomic E-state index is -1.63. The molecule has 3 N–H and O–H groups in total. The van der Waals surface area contributed by atoms with Gasteiger partial charge in [0.15, 0.2) is 34.9 Å². The average molecular weight is 619 g/mol. The van der Waals surface area contributed by atoms with Crippen LogP contribution < -0.4 is 10.9 Å². The maximum Gasteiger partial charge on any atom is 0.426 e. The first-order valence-corrected chi connectivity index (χ1v) is 12.5. The topological polar surface area (TPSA) is 105 Å². The van der Waals surface area contributed by atoms with Crippen molar-refractivity contribution in [2.45, 2.75) is 51.0 Å². The molecular formula is C25H26Cl2F6N2O5. The highest BCUT2D eigenvalue weighted by atomic mass is 35.5. The van der Waals surface area contributed by atoms with Crippen LogP contribution in [0.3, 0.4) is 0 Å². The van der Waals surface area contributed by atoms with E-state index < -0.39 is 70.3 Å². The molecule has 2 rings (SSSR count). The standard InChI is InChI=1S/C15H18ClF3N2O3.C10H8ClF3O2/c1-15(2,3)24-14(23)21-20-13(22)9(4-5-16)8-6-10(17)12(19)11(18)7-8;11-2-1-6(10(15)16)5-3-7(12)9(14)8(13)4-5/h6-7,9H,4-5H2,1-3H3,(H,20,22)(H,21,23);3-4,6H,1-2H2,(H,15,16). The van der Waals surface area contributed by atoms with Crippen molar-refractivity contribution in [2.75, 3.05) is 11.8 Å². The number of nitrogens with one attached hydrogen (secondary N) is 2. The Balaban J connectivity index is 0.000000433. The van der Waals surface area contributed by atoms with Crippen molar-refractivity contribution in [1.82, 2.24) is 10.9 Å². The van der Waals surface area contributed by atoms with Crippen LogP contribution in [0.2, 0.25) is 0 Å². The van der Waals surface area contributed by atoms with Crippen LogP contribution >= 0.6 is 23.2 Å². The Morgan fingerprint density at radius 2 is 1.15 bits per heavy atom. The first-order valence-electron chi connectivity index (χ1n) is 11.4. The van der Waals surface area contributed by atoms with Crippen LogP contribution in [0, 0.1) is 34.9 Å². The molecule has 2 atom stereocenters. The van der Waals surface area contributed by atoms with E-state index in [4.69, 9.17) is 33.0 Å². The molecule has 0 heterocycles. The zero-order valence-corrected chi connectivity index (χ0v) is 22.9. The van der Waals surface area contributed by atoms with Crippen LogP contribution in [-0.2, 0) is 14.3 Å². The average Bonchev–Trinajstić information content (AvgIpc) is 2.84. The van der Waals surface area contributed by atoms with Gasteiger partial charge >= 0.3 is 12.1 Å². The summed E-state index contributed by atoms with van der Waals surface area (Å²) in [6.07, 6.45) is -0.869. The van der Waals surface area contributed by atoms with Crippen LogP contribution in [0.25, 0.3) is 0 Å². The fourth-order valence-corrected chi connectivity index (χ4v) is 3.59. The van der Waals surface area contributed by atoms with Crippen LogP contribution in [0.5, 0.6) is 0 Å². The van der Waals surface area contributed by atoms with Crippen molar-refractivity contribution >= 4 is 41.2 Å². The molecule has 0 aliphatic rings. The van der Waals surface area contributed by atoms with Gasteiger partial charge in [0, 0.05) is 11.8 Å². The molecule has 0 radical (unpaired) electrons. The van der Waals surface area contributed by atoms with E-state index in [-0.39, 0.29) is 35.7 Å². The van der Waals surface area contributed by atoms with Crippen LogP contribution in [0.4, 0.5) is 31.1 Å². The molecule has 0 aromatic heterocycles. The summed E-state index contributed by atoms with van der Waals surface area (Å²) in [7, 11) is 0. The summed E-state index contributed by atoms with van der Waals surface area (Å²) in [5, 5.41) is 8.81. The normalized spacial score (nSPS) is 12.5. The number of aliphatic carboxylic acids is 1. The molecule has 0 spiro atoms. The number of carboxylic acids is 1. The van der Waals surface area contributed by atoms with Gasteiger partial charge in [0.05, 0.1) is 11.8 Å². The molecule has 2 amide bonds. The van der Waals surface area contributed by atoms with Gasteiger partial charge in [-0.2, -0.15) is 0 Å². The van der Waals surface area contributed by atoms with Gasteiger partial charge in [-0.15, -0.1) is 23.2 Å². The molecule has 0 aliphatic carbocycles. The van der Waals surface area contributed by atoms with Crippen molar-refractivity contribution in [3.8, 4) is 0 Å². The molecule has 222 valence electrons. The highest BCUT2D eigenvalue weighted by Crippen LogP contribution is 2.25. The van der Waals surface area contributed by atoms with E-state index in [1.54, 1.807) is 20.8 Å². The molecular weight excluding hydrogens is 593 g/mol. The second kappa shape index (κ2) is 15.6. The largest absolute Gasteiger partial charge is 0.481 e. The molecule has 2 unspecified atom stereocenters. The van der Waals surface area contributed by atoms with E-state index in [0.29, 0.717) is 24.3 Å². The molecule has 2 aromatic carbocycles. The van der Waals surface area contributed by atoms with Crippen LogP contribution in [0.15, 0.2) is 24.3 Å². The highest BCUT2D eigenvalue weighted by Gasteiger charge is 2.25. The SMILES string of the molecule is CC(C)(C)OC(=O)NNC(=O)C(CCCl)c1cc(F)c(F)c(F)c1.O=C(O)C(CCCl)c1cc(F)c(F)c(F)c1. The second-order valence-electron chi connectivity index (χ2n) is 9.11. The number of benzene rings is 2. The smallest absolute Gasteiger partial charge is 0.426 e. The Morgan fingerprint density at radius 1 is 0.775 bits per heavy atom. The minimum absolute atomic E-state index is 0.00510. The summed E-state index contributed by atoms with van der Waals surface area (Å²) in [6, 6.07) is 2.76. The number of rotatable bonds is 8. The third kappa shape index (κ3) is 10.8. The fraction of sp³-hybridized carbons (Fsp3) is 0.400. The monoisotopic (exact) mass is 618 g/mol. The van der Waals surface area contributed by atoms with Gasteiger partial charge in [-0.25, -0.2) is 36.6 Å². The van der Waals surface area contributed by atoms with Crippen molar-refractivity contribution in [1.29, 1.82) is 0 Å². The third-order valence-corrected chi connectivity index (χ3v) is 5.35. The Morgan fingerprint density at radius 3 is 1.50 bits per heavy atom. The number of carbonyl (C=O) groups excluding carboxylic acids is 2. The Bertz CT molecular complexity index is 1170. The number of alkyl halides is 2. The van der Waals surface area contributed by atoms with Gasteiger partial charge in [-0.3, -0.25) is 15.0 Å². The lowest BCUT2D eigenvalue weighted by atomic mass is 9.95. The number of hydrogen-bond donors (Lipinski definition) is 3. The third-order valence-electron chi connectivity index (χ3n) is 4.91. The number of carbonyl (C=O) groups is 3. The molecule has 2 aromatic rings. The molecule has 0 fully saturated rings. The number of halogens is 8. The van der Waals surface area contributed by atoms with E-state index in [1.165, 1.54) is 0 Å². The Kier molecular flexibility index (Phi) is 13.6. The van der Waals surface area contributed by atoms with E-state index in [9.17, 15) is 40.7 Å². The van der Waals surface area contributed by atoms with E-state index in [1.807, 2.05) is 5.43 Å². The molecule has 0 aliphatic heterocycles. The number of amides is 2. The summed E-state index contributed by atoms with van der Waals surface area (Å²) in [6.45, 7) is 4.90.